The highest BCUT2D eigenvalue weighted by Gasteiger charge is 2.25. The molecule has 0 aromatic heterocycles. The third-order valence-electron chi connectivity index (χ3n) is 3.55. The molecule has 0 aliphatic heterocycles. The van der Waals surface area contributed by atoms with E-state index in [0.29, 0.717) is 0 Å². The summed E-state index contributed by atoms with van der Waals surface area (Å²) in [5, 5.41) is 41.8. The third kappa shape index (κ3) is 4.64. The van der Waals surface area contributed by atoms with E-state index in [1.54, 1.807) is 0 Å². The number of nitrogens with zero attached hydrogens (tertiary/aromatic N) is 4. The summed E-state index contributed by atoms with van der Waals surface area (Å²) in [5.41, 5.74) is 3.77. The van der Waals surface area contributed by atoms with Gasteiger partial charge in [-0.2, -0.15) is 0 Å². The molecule has 28 heavy (non-hydrogen) atoms. The van der Waals surface area contributed by atoms with Crippen molar-refractivity contribution >= 4 is 40.0 Å². The van der Waals surface area contributed by atoms with Gasteiger partial charge in [-0.3, -0.25) is 40.5 Å². The van der Waals surface area contributed by atoms with E-state index in [1.165, 1.54) is 13.8 Å². The number of nitrogen functional groups attached to an aromatic ring is 1. The van der Waals surface area contributed by atoms with Crippen LogP contribution in [0.5, 0.6) is 0 Å². The lowest BCUT2D eigenvalue weighted by molar-refractivity contribution is -0.395. The van der Waals surface area contributed by atoms with Gasteiger partial charge in [-0.25, -0.2) is 0 Å². The summed E-state index contributed by atoms with van der Waals surface area (Å²) in [6.45, 7) is 2.59. The first kappa shape index (κ1) is 22.2. The Morgan fingerprint density at radius 3 is 1.50 bits per heavy atom. The van der Waals surface area contributed by atoms with Crippen molar-refractivity contribution in [3.8, 4) is 0 Å². The molecule has 0 aliphatic rings. The van der Waals surface area contributed by atoms with Crippen LogP contribution in [-0.4, -0.2) is 19.7 Å². The first-order chi connectivity index (χ1) is 12.9. The van der Waals surface area contributed by atoms with E-state index < -0.39 is 31.1 Å². The smallest absolute Gasteiger partial charge is 0.301 e. The zero-order valence-corrected chi connectivity index (χ0v) is 15.1. The highest BCUT2D eigenvalue weighted by atomic mass is 35.5. The van der Waals surface area contributed by atoms with Crippen LogP contribution in [0.4, 0.5) is 28.4 Å². The molecular weight excluding hydrogens is 402 g/mol. The largest absolute Gasteiger partial charge is 0.393 e. The van der Waals surface area contributed by atoms with Crippen LogP contribution < -0.4 is 5.73 Å². The van der Waals surface area contributed by atoms with Crippen molar-refractivity contribution in [2.75, 3.05) is 5.73 Å². The molecule has 0 aliphatic carbocycles. The zero-order valence-electron chi connectivity index (χ0n) is 14.3. The summed E-state index contributed by atoms with van der Waals surface area (Å²) in [6, 6.07) is 4.59. The van der Waals surface area contributed by atoms with E-state index in [2.05, 4.69) is 0 Å². The Bertz CT molecular complexity index is 915. The number of benzene rings is 2. The van der Waals surface area contributed by atoms with Crippen LogP contribution in [0.2, 0.25) is 5.02 Å². The summed E-state index contributed by atoms with van der Waals surface area (Å²) in [7, 11) is 0. The number of nitro benzene ring substituents is 4. The minimum Gasteiger partial charge on any atom is -0.393 e. The van der Waals surface area contributed by atoms with Crippen molar-refractivity contribution in [2.24, 2.45) is 0 Å². The van der Waals surface area contributed by atoms with Crippen LogP contribution >= 0.6 is 11.6 Å². The molecule has 0 saturated heterocycles. The van der Waals surface area contributed by atoms with Gasteiger partial charge < -0.3 is 5.73 Å². The van der Waals surface area contributed by atoms with Gasteiger partial charge in [-0.15, -0.1) is 0 Å². The Labute approximate surface area is 160 Å². The molecular formula is C14H12ClN5O8. The molecule has 2 rings (SSSR count). The Morgan fingerprint density at radius 2 is 1.11 bits per heavy atom. The topological polar surface area (TPSA) is 199 Å². The van der Waals surface area contributed by atoms with E-state index in [9.17, 15) is 40.5 Å². The predicted octanol–water partition coefficient (Wildman–Crippen LogP) is 3.86. The van der Waals surface area contributed by atoms with Gasteiger partial charge in [0.05, 0.1) is 19.7 Å². The SMILES string of the molecule is Cc1c([N+](=O)[O-])ccc(Cl)c1[N+](=O)[O-].Cc1c([N+](=O)[O-])ccc(N)c1[N+](=O)[O-]. The Balaban J connectivity index is 0.000000280. The monoisotopic (exact) mass is 413 g/mol. The van der Waals surface area contributed by atoms with Crippen LogP contribution in [0.25, 0.3) is 0 Å². The number of hydrogen-bond acceptors (Lipinski definition) is 9. The molecule has 2 aromatic carbocycles. The summed E-state index contributed by atoms with van der Waals surface area (Å²) in [5.74, 6) is 0. The molecule has 0 spiro atoms. The molecule has 0 bridgehead atoms. The van der Waals surface area contributed by atoms with E-state index >= 15 is 0 Å². The molecule has 2 N–H and O–H groups in total. The van der Waals surface area contributed by atoms with Crippen molar-refractivity contribution in [2.45, 2.75) is 13.8 Å². The molecule has 0 unspecified atom stereocenters. The van der Waals surface area contributed by atoms with E-state index in [1.807, 2.05) is 0 Å². The predicted molar refractivity (Wildman–Crippen MR) is 98.4 cm³/mol. The molecule has 0 heterocycles. The number of halogens is 1. The second-order valence-electron chi connectivity index (χ2n) is 5.22. The van der Waals surface area contributed by atoms with Crippen LogP contribution in [0.15, 0.2) is 24.3 Å². The maximum absolute atomic E-state index is 10.5. The van der Waals surface area contributed by atoms with Gasteiger partial charge in [0.2, 0.25) is 0 Å². The quantitative estimate of drug-likeness (QED) is 0.438. The van der Waals surface area contributed by atoms with Gasteiger partial charge in [0.15, 0.2) is 0 Å². The molecule has 148 valence electrons. The average molecular weight is 414 g/mol. The number of nitrogens with two attached hydrogens (primary N) is 1. The summed E-state index contributed by atoms with van der Waals surface area (Å²) >= 11 is 5.54. The maximum atomic E-state index is 10.5. The lowest BCUT2D eigenvalue weighted by atomic mass is 10.1. The van der Waals surface area contributed by atoms with Crippen LogP contribution in [-0.2, 0) is 0 Å². The van der Waals surface area contributed by atoms with Crippen LogP contribution in [0.1, 0.15) is 11.1 Å². The first-order valence-corrected chi connectivity index (χ1v) is 7.53. The molecule has 0 saturated carbocycles. The zero-order chi connectivity index (χ0) is 21.8. The lowest BCUT2D eigenvalue weighted by Crippen LogP contribution is -2.01. The van der Waals surface area contributed by atoms with E-state index in [-0.39, 0.29) is 33.2 Å². The molecule has 14 heteroatoms. The fourth-order valence-corrected chi connectivity index (χ4v) is 2.50. The van der Waals surface area contributed by atoms with Gasteiger partial charge in [0.25, 0.3) is 17.1 Å². The van der Waals surface area contributed by atoms with Crippen LogP contribution in [0, 0.1) is 54.3 Å². The Kier molecular flexibility index (Phi) is 6.87. The second kappa shape index (κ2) is 8.68. The highest BCUT2D eigenvalue weighted by molar-refractivity contribution is 6.32. The fraction of sp³-hybridized carbons (Fsp3) is 0.143. The minimum absolute atomic E-state index is 0.0278. The minimum atomic E-state index is -0.731. The van der Waals surface area contributed by atoms with E-state index in [4.69, 9.17) is 17.3 Å². The number of nitro groups is 4. The normalized spacial score (nSPS) is 9.82. The second-order valence-corrected chi connectivity index (χ2v) is 5.62. The van der Waals surface area contributed by atoms with Crippen molar-refractivity contribution in [1.82, 2.24) is 0 Å². The first-order valence-electron chi connectivity index (χ1n) is 7.15. The fourth-order valence-electron chi connectivity index (χ4n) is 2.23. The van der Waals surface area contributed by atoms with E-state index in [0.717, 1.165) is 24.3 Å². The summed E-state index contributed by atoms with van der Waals surface area (Å²) in [6.07, 6.45) is 0. The highest BCUT2D eigenvalue weighted by Crippen LogP contribution is 2.34. The average Bonchev–Trinajstić information content (AvgIpc) is 2.54. The van der Waals surface area contributed by atoms with Gasteiger partial charge >= 0.3 is 5.69 Å². The van der Waals surface area contributed by atoms with Gasteiger partial charge in [0, 0.05) is 12.1 Å². The third-order valence-corrected chi connectivity index (χ3v) is 3.85. The number of rotatable bonds is 4. The Hall–Kier alpha value is -3.87. The van der Waals surface area contributed by atoms with Crippen molar-refractivity contribution in [3.63, 3.8) is 0 Å². The maximum Gasteiger partial charge on any atom is 0.301 e. The van der Waals surface area contributed by atoms with Crippen LogP contribution in [0.3, 0.4) is 0 Å². The summed E-state index contributed by atoms with van der Waals surface area (Å²) < 4.78 is 0. The van der Waals surface area contributed by atoms with Crippen molar-refractivity contribution < 1.29 is 19.7 Å². The van der Waals surface area contributed by atoms with Crippen molar-refractivity contribution in [3.05, 3.63) is 80.9 Å². The molecule has 0 radical (unpaired) electrons. The molecule has 0 atom stereocenters. The molecule has 0 amide bonds. The van der Waals surface area contributed by atoms with Gasteiger partial charge in [-0.1, -0.05) is 11.6 Å². The molecule has 0 fully saturated rings. The van der Waals surface area contributed by atoms with Gasteiger partial charge in [-0.05, 0) is 26.0 Å². The molecule has 13 nitrogen and oxygen atoms in total. The Morgan fingerprint density at radius 1 is 0.714 bits per heavy atom. The molecule has 2 aromatic rings. The number of anilines is 1. The van der Waals surface area contributed by atoms with Gasteiger partial charge in [0.1, 0.15) is 21.8 Å². The number of hydrogen-bond donors (Lipinski definition) is 1. The standard InChI is InChI=1S/C7H5ClN2O4.C7H7N3O4/c2*1-4-6(9(11)12)3-2-5(8)7(4)10(13)14/h2-3H,1H3;2-3H,8H2,1H3. The lowest BCUT2D eigenvalue weighted by Gasteiger charge is -2.00. The summed E-state index contributed by atoms with van der Waals surface area (Å²) in [4.78, 5) is 39.1. The van der Waals surface area contributed by atoms with Crippen molar-refractivity contribution in [1.29, 1.82) is 0 Å².